The number of halogens is 2. The van der Waals surface area contributed by atoms with Crippen LogP contribution < -0.4 is 5.32 Å². The molecule has 0 aliphatic heterocycles. The Balaban J connectivity index is 2.00. The zero-order valence-corrected chi connectivity index (χ0v) is 12.4. The molecular formula is C14H8Cl2N2OS. The van der Waals surface area contributed by atoms with Gasteiger partial charge in [-0.25, -0.2) is 0 Å². The maximum absolute atomic E-state index is 12.3. The number of aromatic nitrogens is 1. The first-order valence-corrected chi connectivity index (χ1v) is 7.32. The number of hydrogen-bond acceptors (Lipinski definition) is 3. The SMILES string of the molecule is O=C(Nc1cccnc1)c1sc2cccc(Cl)c2c1Cl. The van der Waals surface area contributed by atoms with Crippen molar-refractivity contribution in [3.63, 3.8) is 0 Å². The number of carbonyl (C=O) groups is 1. The molecule has 2 aromatic heterocycles. The molecule has 0 saturated carbocycles. The van der Waals surface area contributed by atoms with E-state index in [2.05, 4.69) is 10.3 Å². The van der Waals surface area contributed by atoms with E-state index in [0.29, 0.717) is 20.6 Å². The molecule has 0 saturated heterocycles. The lowest BCUT2D eigenvalue weighted by molar-refractivity contribution is 0.103. The van der Waals surface area contributed by atoms with E-state index < -0.39 is 0 Å². The predicted octanol–water partition coefficient (Wildman–Crippen LogP) is 4.86. The van der Waals surface area contributed by atoms with Gasteiger partial charge in [0.05, 0.1) is 21.9 Å². The number of anilines is 1. The van der Waals surface area contributed by atoms with Crippen molar-refractivity contribution in [2.75, 3.05) is 5.32 Å². The summed E-state index contributed by atoms with van der Waals surface area (Å²) in [6.07, 6.45) is 3.22. The Morgan fingerprint density at radius 1 is 1.20 bits per heavy atom. The minimum absolute atomic E-state index is 0.264. The van der Waals surface area contributed by atoms with Crippen LogP contribution in [0.5, 0.6) is 0 Å². The van der Waals surface area contributed by atoms with Gasteiger partial charge in [0.1, 0.15) is 4.88 Å². The standard InChI is InChI=1S/C14H8Cl2N2OS/c15-9-4-1-5-10-11(9)12(16)13(20-10)14(19)18-8-3-2-6-17-7-8/h1-7H,(H,18,19). The number of pyridine rings is 1. The van der Waals surface area contributed by atoms with E-state index in [9.17, 15) is 4.79 Å². The molecule has 0 unspecified atom stereocenters. The summed E-state index contributed by atoms with van der Waals surface area (Å²) in [6.45, 7) is 0. The second kappa shape index (κ2) is 5.40. The molecule has 2 heterocycles. The van der Waals surface area contributed by atoms with Gasteiger partial charge in [-0.3, -0.25) is 9.78 Å². The van der Waals surface area contributed by atoms with Crippen molar-refractivity contribution in [1.82, 2.24) is 4.98 Å². The van der Waals surface area contributed by atoms with Gasteiger partial charge in [0.2, 0.25) is 0 Å². The highest BCUT2D eigenvalue weighted by Gasteiger charge is 2.18. The van der Waals surface area contributed by atoms with Crippen LogP contribution >= 0.6 is 34.5 Å². The number of fused-ring (bicyclic) bond motifs is 1. The van der Waals surface area contributed by atoms with Gasteiger partial charge in [0, 0.05) is 16.3 Å². The van der Waals surface area contributed by atoms with Gasteiger partial charge in [0.15, 0.2) is 0 Å². The smallest absolute Gasteiger partial charge is 0.267 e. The minimum atomic E-state index is -0.264. The summed E-state index contributed by atoms with van der Waals surface area (Å²) in [5, 5.41) is 4.41. The van der Waals surface area contributed by atoms with Crippen LogP contribution in [0.3, 0.4) is 0 Å². The van der Waals surface area contributed by atoms with Gasteiger partial charge in [-0.1, -0.05) is 29.3 Å². The number of hydrogen-bond donors (Lipinski definition) is 1. The maximum Gasteiger partial charge on any atom is 0.267 e. The van der Waals surface area contributed by atoms with Crippen LogP contribution in [0.15, 0.2) is 42.7 Å². The number of carbonyl (C=O) groups excluding carboxylic acids is 1. The Hall–Kier alpha value is -1.62. The average Bonchev–Trinajstić information content (AvgIpc) is 2.79. The summed E-state index contributed by atoms with van der Waals surface area (Å²) in [5.74, 6) is -0.264. The third kappa shape index (κ3) is 2.38. The maximum atomic E-state index is 12.3. The molecule has 0 aliphatic rings. The molecule has 20 heavy (non-hydrogen) atoms. The molecule has 100 valence electrons. The lowest BCUT2D eigenvalue weighted by atomic mass is 10.2. The van der Waals surface area contributed by atoms with Gasteiger partial charge >= 0.3 is 0 Å². The molecule has 0 radical (unpaired) electrons. The van der Waals surface area contributed by atoms with E-state index in [1.54, 1.807) is 30.6 Å². The highest BCUT2D eigenvalue weighted by Crippen LogP contribution is 2.39. The zero-order valence-electron chi connectivity index (χ0n) is 10.1. The first-order valence-electron chi connectivity index (χ1n) is 5.74. The topological polar surface area (TPSA) is 42.0 Å². The van der Waals surface area contributed by atoms with Gasteiger partial charge in [-0.05, 0) is 24.3 Å². The Morgan fingerprint density at radius 2 is 2.05 bits per heavy atom. The van der Waals surface area contributed by atoms with Gasteiger partial charge in [0.25, 0.3) is 5.91 Å². The molecule has 1 aromatic carbocycles. The van der Waals surface area contributed by atoms with Gasteiger partial charge in [-0.2, -0.15) is 0 Å². The fourth-order valence-corrected chi connectivity index (χ4v) is 3.69. The molecular weight excluding hydrogens is 315 g/mol. The van der Waals surface area contributed by atoms with Crippen molar-refractivity contribution < 1.29 is 4.79 Å². The van der Waals surface area contributed by atoms with E-state index >= 15 is 0 Å². The third-order valence-electron chi connectivity index (χ3n) is 2.73. The van der Waals surface area contributed by atoms with Crippen molar-refractivity contribution in [2.45, 2.75) is 0 Å². The van der Waals surface area contributed by atoms with E-state index in [0.717, 1.165) is 10.1 Å². The number of benzene rings is 1. The molecule has 3 rings (SSSR count). The number of thiophene rings is 1. The van der Waals surface area contributed by atoms with Crippen LogP contribution in [0.4, 0.5) is 5.69 Å². The largest absolute Gasteiger partial charge is 0.320 e. The number of amides is 1. The van der Waals surface area contributed by atoms with Crippen molar-refractivity contribution in [2.24, 2.45) is 0 Å². The van der Waals surface area contributed by atoms with E-state index in [-0.39, 0.29) is 5.91 Å². The Morgan fingerprint density at radius 3 is 2.75 bits per heavy atom. The van der Waals surface area contributed by atoms with Crippen molar-refractivity contribution in [1.29, 1.82) is 0 Å². The van der Waals surface area contributed by atoms with Gasteiger partial charge in [-0.15, -0.1) is 11.3 Å². The molecule has 3 nitrogen and oxygen atoms in total. The van der Waals surface area contributed by atoms with Crippen LogP contribution in [0.1, 0.15) is 9.67 Å². The van der Waals surface area contributed by atoms with Gasteiger partial charge < -0.3 is 5.32 Å². The van der Waals surface area contributed by atoms with Crippen molar-refractivity contribution in [3.05, 3.63) is 57.6 Å². The normalized spacial score (nSPS) is 10.7. The molecule has 0 bridgehead atoms. The highest BCUT2D eigenvalue weighted by atomic mass is 35.5. The third-order valence-corrected chi connectivity index (χ3v) is 4.69. The lowest BCUT2D eigenvalue weighted by Gasteiger charge is -2.02. The molecule has 0 fully saturated rings. The summed E-state index contributed by atoms with van der Waals surface area (Å²) < 4.78 is 0.888. The fraction of sp³-hybridized carbons (Fsp3) is 0. The van der Waals surface area contributed by atoms with E-state index in [4.69, 9.17) is 23.2 Å². The van der Waals surface area contributed by atoms with Crippen molar-refractivity contribution >= 4 is 56.2 Å². The first-order chi connectivity index (χ1) is 9.66. The van der Waals surface area contributed by atoms with Crippen LogP contribution in [-0.4, -0.2) is 10.9 Å². The van der Waals surface area contributed by atoms with E-state index in [1.165, 1.54) is 11.3 Å². The number of rotatable bonds is 2. The summed E-state index contributed by atoms with van der Waals surface area (Å²) >= 11 is 13.7. The second-order valence-corrected chi connectivity index (χ2v) is 5.89. The Labute approximate surface area is 129 Å². The minimum Gasteiger partial charge on any atom is -0.320 e. The molecule has 1 N–H and O–H groups in total. The lowest BCUT2D eigenvalue weighted by Crippen LogP contribution is -2.10. The average molecular weight is 323 g/mol. The molecule has 0 spiro atoms. The summed E-state index contributed by atoms with van der Waals surface area (Å²) in [7, 11) is 0. The fourth-order valence-electron chi connectivity index (χ4n) is 1.84. The summed E-state index contributed by atoms with van der Waals surface area (Å²) in [6, 6.07) is 8.99. The summed E-state index contributed by atoms with van der Waals surface area (Å²) in [4.78, 5) is 16.6. The Bertz CT molecular complexity index is 786. The molecule has 1 amide bonds. The molecule has 0 aliphatic carbocycles. The molecule has 3 aromatic rings. The van der Waals surface area contributed by atoms with Crippen LogP contribution in [0.25, 0.3) is 10.1 Å². The molecule has 6 heteroatoms. The number of nitrogens with zero attached hydrogens (tertiary/aromatic N) is 1. The zero-order chi connectivity index (χ0) is 14.1. The molecule has 0 atom stereocenters. The van der Waals surface area contributed by atoms with Crippen LogP contribution in [0, 0.1) is 0 Å². The van der Waals surface area contributed by atoms with Crippen molar-refractivity contribution in [3.8, 4) is 0 Å². The monoisotopic (exact) mass is 322 g/mol. The quantitative estimate of drug-likeness (QED) is 0.732. The Kier molecular flexibility index (Phi) is 3.61. The number of nitrogens with one attached hydrogen (secondary N) is 1. The van der Waals surface area contributed by atoms with E-state index in [1.807, 2.05) is 12.1 Å². The van der Waals surface area contributed by atoms with Crippen LogP contribution in [-0.2, 0) is 0 Å². The second-order valence-electron chi connectivity index (χ2n) is 4.05. The predicted molar refractivity (Wildman–Crippen MR) is 84.0 cm³/mol. The summed E-state index contributed by atoms with van der Waals surface area (Å²) in [5.41, 5.74) is 0.622. The van der Waals surface area contributed by atoms with Crippen LogP contribution in [0.2, 0.25) is 10.0 Å². The highest BCUT2D eigenvalue weighted by molar-refractivity contribution is 7.21. The first kappa shape index (κ1) is 13.4.